The maximum atomic E-state index is 13.6. The number of nitrogens with one attached hydrogen (secondary N) is 1. The predicted molar refractivity (Wildman–Crippen MR) is 125 cm³/mol. The van der Waals surface area contributed by atoms with Crippen molar-refractivity contribution < 1.29 is 9.59 Å². The van der Waals surface area contributed by atoms with Gasteiger partial charge in [0.05, 0.1) is 18.5 Å². The van der Waals surface area contributed by atoms with Gasteiger partial charge in [0.15, 0.2) is 0 Å². The van der Waals surface area contributed by atoms with E-state index in [2.05, 4.69) is 15.4 Å². The molecule has 0 unspecified atom stereocenters. The summed E-state index contributed by atoms with van der Waals surface area (Å²) in [5, 5.41) is 7.18. The molecule has 0 saturated carbocycles. The molecule has 0 radical (unpaired) electrons. The third-order valence-electron chi connectivity index (χ3n) is 6.04. The summed E-state index contributed by atoms with van der Waals surface area (Å²) in [6.07, 6.45) is 3.17. The summed E-state index contributed by atoms with van der Waals surface area (Å²) in [6.45, 7) is 0.604. The van der Waals surface area contributed by atoms with Gasteiger partial charge >= 0.3 is 0 Å². The number of fused-ring (bicyclic) bond motifs is 1. The molecule has 7 nitrogen and oxygen atoms in total. The SMILES string of the molecule is CN1C(=O)c2ccccc2[C@@H](C(=O)Nc2ccc(Cn3cncn3)cc2)[C@H]1c1ccccc1. The fourth-order valence-corrected chi connectivity index (χ4v) is 4.44. The average Bonchev–Trinajstić information content (AvgIpc) is 3.36. The van der Waals surface area contributed by atoms with Gasteiger partial charge in [-0.25, -0.2) is 9.67 Å². The van der Waals surface area contributed by atoms with E-state index >= 15 is 0 Å². The largest absolute Gasteiger partial charge is 0.334 e. The standard InChI is InChI=1S/C26H23N5O2/c1-30-24(19-7-3-2-4-8-19)23(21-9-5-6-10-22(21)26(30)33)25(32)29-20-13-11-18(12-14-20)15-31-17-27-16-28-31/h2-14,16-17,23-24H,15H2,1H3,(H,29,32)/t23-,24-/m1/s1. The van der Waals surface area contributed by atoms with Crippen LogP contribution in [0.5, 0.6) is 0 Å². The van der Waals surface area contributed by atoms with E-state index in [9.17, 15) is 9.59 Å². The zero-order valence-corrected chi connectivity index (χ0v) is 18.1. The zero-order chi connectivity index (χ0) is 22.8. The molecule has 3 aromatic carbocycles. The molecular weight excluding hydrogens is 414 g/mol. The Kier molecular flexibility index (Phi) is 5.44. The molecule has 2 amide bonds. The van der Waals surface area contributed by atoms with Gasteiger partial charge in [0, 0.05) is 18.3 Å². The number of hydrogen-bond donors (Lipinski definition) is 1. The lowest BCUT2D eigenvalue weighted by atomic mass is 9.79. The molecule has 1 N–H and O–H groups in total. The minimum Gasteiger partial charge on any atom is -0.334 e. The van der Waals surface area contributed by atoms with E-state index in [-0.39, 0.29) is 11.8 Å². The van der Waals surface area contributed by atoms with Crippen LogP contribution >= 0.6 is 0 Å². The van der Waals surface area contributed by atoms with Gasteiger partial charge in [-0.2, -0.15) is 5.10 Å². The van der Waals surface area contributed by atoms with E-state index in [0.717, 1.165) is 16.7 Å². The third kappa shape index (κ3) is 4.01. The molecule has 1 aliphatic heterocycles. The van der Waals surface area contributed by atoms with Crippen molar-refractivity contribution in [1.29, 1.82) is 0 Å². The fourth-order valence-electron chi connectivity index (χ4n) is 4.44. The highest BCUT2D eigenvalue weighted by atomic mass is 16.2. The van der Waals surface area contributed by atoms with Crippen LogP contribution in [0.1, 0.15) is 39.0 Å². The Hall–Kier alpha value is -4.26. The lowest BCUT2D eigenvalue weighted by Crippen LogP contribution is -2.44. The number of rotatable bonds is 5. The Morgan fingerprint density at radius 2 is 1.70 bits per heavy atom. The summed E-state index contributed by atoms with van der Waals surface area (Å²) in [6, 6.07) is 24.3. The molecule has 0 fully saturated rings. The minimum atomic E-state index is -0.541. The molecular formula is C26H23N5O2. The average molecular weight is 438 g/mol. The van der Waals surface area contributed by atoms with Crippen molar-refractivity contribution in [2.75, 3.05) is 12.4 Å². The van der Waals surface area contributed by atoms with Crippen molar-refractivity contribution in [3.8, 4) is 0 Å². The van der Waals surface area contributed by atoms with E-state index < -0.39 is 12.0 Å². The summed E-state index contributed by atoms with van der Waals surface area (Å²) in [5.74, 6) is -0.776. The Morgan fingerprint density at radius 1 is 0.970 bits per heavy atom. The maximum Gasteiger partial charge on any atom is 0.254 e. The fraction of sp³-hybridized carbons (Fsp3) is 0.154. The number of carbonyl (C=O) groups is 2. The summed E-state index contributed by atoms with van der Waals surface area (Å²) in [7, 11) is 1.76. The second-order valence-electron chi connectivity index (χ2n) is 8.12. The van der Waals surface area contributed by atoms with Crippen molar-refractivity contribution in [3.63, 3.8) is 0 Å². The normalized spacial score (nSPS) is 17.5. The van der Waals surface area contributed by atoms with Crippen molar-refractivity contribution >= 4 is 17.5 Å². The van der Waals surface area contributed by atoms with Gasteiger partial charge in [0.25, 0.3) is 5.91 Å². The third-order valence-corrected chi connectivity index (χ3v) is 6.04. The van der Waals surface area contributed by atoms with Crippen LogP contribution in [-0.4, -0.2) is 38.5 Å². The van der Waals surface area contributed by atoms with E-state index in [1.807, 2.05) is 72.8 Å². The van der Waals surface area contributed by atoms with E-state index in [1.165, 1.54) is 6.33 Å². The molecule has 7 heteroatoms. The number of anilines is 1. The second kappa shape index (κ2) is 8.70. The van der Waals surface area contributed by atoms with Gasteiger partial charge in [-0.1, -0.05) is 60.7 Å². The van der Waals surface area contributed by atoms with Gasteiger partial charge in [-0.15, -0.1) is 0 Å². The van der Waals surface area contributed by atoms with Gasteiger partial charge in [-0.05, 0) is 34.9 Å². The quantitative estimate of drug-likeness (QED) is 0.514. The van der Waals surface area contributed by atoms with Crippen LogP contribution < -0.4 is 5.32 Å². The lowest BCUT2D eigenvalue weighted by Gasteiger charge is -2.39. The summed E-state index contributed by atoms with van der Waals surface area (Å²) < 4.78 is 1.74. The highest BCUT2D eigenvalue weighted by Gasteiger charge is 2.42. The van der Waals surface area contributed by atoms with Crippen LogP contribution in [-0.2, 0) is 11.3 Å². The molecule has 0 bridgehead atoms. The first-order valence-corrected chi connectivity index (χ1v) is 10.7. The van der Waals surface area contributed by atoms with E-state index in [0.29, 0.717) is 17.8 Å². The highest BCUT2D eigenvalue weighted by Crippen LogP contribution is 2.42. The molecule has 2 heterocycles. The van der Waals surface area contributed by atoms with Crippen LogP contribution in [0.25, 0.3) is 0 Å². The smallest absolute Gasteiger partial charge is 0.254 e. The van der Waals surface area contributed by atoms with Crippen molar-refractivity contribution in [2.45, 2.75) is 18.5 Å². The van der Waals surface area contributed by atoms with Crippen LogP contribution in [0.4, 0.5) is 5.69 Å². The number of amides is 2. The highest BCUT2D eigenvalue weighted by molar-refractivity contribution is 6.04. The number of carbonyl (C=O) groups excluding carboxylic acids is 2. The van der Waals surface area contributed by atoms with Crippen LogP contribution in [0, 0.1) is 0 Å². The molecule has 5 rings (SSSR count). The van der Waals surface area contributed by atoms with Crippen molar-refractivity contribution in [3.05, 3.63) is 114 Å². The Morgan fingerprint density at radius 3 is 2.42 bits per heavy atom. The van der Waals surface area contributed by atoms with Gasteiger partial charge in [-0.3, -0.25) is 9.59 Å². The van der Waals surface area contributed by atoms with Crippen LogP contribution in [0.15, 0.2) is 91.5 Å². The van der Waals surface area contributed by atoms with E-state index in [1.54, 1.807) is 29.0 Å². The van der Waals surface area contributed by atoms with Gasteiger partial charge < -0.3 is 10.2 Å². The van der Waals surface area contributed by atoms with E-state index in [4.69, 9.17) is 0 Å². The molecule has 164 valence electrons. The Bertz CT molecular complexity index is 1270. The maximum absolute atomic E-state index is 13.6. The lowest BCUT2D eigenvalue weighted by molar-refractivity contribution is -0.119. The van der Waals surface area contributed by atoms with Gasteiger partial charge in [0.1, 0.15) is 12.7 Å². The first kappa shape index (κ1) is 20.6. The number of likely N-dealkylation sites (N-methyl/N-ethyl adjacent to an activating group) is 1. The number of nitrogens with zero attached hydrogens (tertiary/aromatic N) is 4. The molecule has 1 aromatic heterocycles. The van der Waals surface area contributed by atoms with Crippen LogP contribution in [0.3, 0.4) is 0 Å². The summed E-state index contributed by atoms with van der Waals surface area (Å²) in [5.41, 5.74) is 3.98. The monoisotopic (exact) mass is 437 g/mol. The van der Waals surface area contributed by atoms with Gasteiger partial charge in [0.2, 0.25) is 5.91 Å². The molecule has 0 saturated heterocycles. The first-order valence-electron chi connectivity index (χ1n) is 10.7. The minimum absolute atomic E-state index is 0.0824. The second-order valence-corrected chi connectivity index (χ2v) is 8.12. The molecule has 0 aliphatic carbocycles. The molecule has 0 spiro atoms. The Balaban J connectivity index is 1.45. The summed E-state index contributed by atoms with van der Waals surface area (Å²) in [4.78, 5) is 32.3. The molecule has 33 heavy (non-hydrogen) atoms. The number of benzene rings is 3. The van der Waals surface area contributed by atoms with Crippen molar-refractivity contribution in [1.82, 2.24) is 19.7 Å². The van der Waals surface area contributed by atoms with Crippen LogP contribution in [0.2, 0.25) is 0 Å². The molecule has 1 aliphatic rings. The molecule has 4 aromatic rings. The van der Waals surface area contributed by atoms with Crippen molar-refractivity contribution in [2.24, 2.45) is 0 Å². The molecule has 2 atom stereocenters. The number of hydrogen-bond acceptors (Lipinski definition) is 4. The topological polar surface area (TPSA) is 80.1 Å². The zero-order valence-electron chi connectivity index (χ0n) is 18.1. The Labute approximate surface area is 191 Å². The summed E-state index contributed by atoms with van der Waals surface area (Å²) >= 11 is 0. The number of aromatic nitrogens is 3. The predicted octanol–water partition coefficient (Wildman–Crippen LogP) is 3.88. The first-order chi connectivity index (χ1) is 16.1.